The summed E-state index contributed by atoms with van der Waals surface area (Å²) in [5, 5.41) is 8.33. The van der Waals surface area contributed by atoms with Gasteiger partial charge < -0.3 is 0 Å². The fourth-order valence-electron chi connectivity index (χ4n) is 0.926. The fraction of sp³-hybridized carbons (Fsp3) is 0. The van der Waals surface area contributed by atoms with E-state index in [2.05, 4.69) is 26.1 Å². The van der Waals surface area contributed by atoms with Crippen molar-refractivity contribution >= 4 is 50.5 Å². The van der Waals surface area contributed by atoms with Crippen LogP contribution in [0.5, 0.6) is 0 Å². The molecule has 0 radical (unpaired) electrons. The van der Waals surface area contributed by atoms with E-state index in [1.807, 2.05) is 12.1 Å². The van der Waals surface area contributed by atoms with Crippen molar-refractivity contribution in [3.63, 3.8) is 0 Å². The first-order valence-corrected chi connectivity index (χ1v) is 5.98. The molecule has 0 amide bonds. The lowest BCUT2D eigenvalue weighted by molar-refractivity contribution is 1.04. The molecule has 2 heterocycles. The smallest absolute Gasteiger partial charge is 0.148 e. The molecule has 2 aromatic heterocycles. The fourth-order valence-corrected chi connectivity index (χ4v) is 2.50. The topological polar surface area (TPSA) is 25.8 Å². The van der Waals surface area contributed by atoms with Crippen LogP contribution >= 0.6 is 50.5 Å². The van der Waals surface area contributed by atoms with Gasteiger partial charge in [-0.15, -0.1) is 21.5 Å². The van der Waals surface area contributed by atoms with Gasteiger partial charge >= 0.3 is 0 Å². The van der Waals surface area contributed by atoms with Crippen LogP contribution in [0, 0.1) is 0 Å². The summed E-state index contributed by atoms with van der Waals surface area (Å²) in [4.78, 5) is 1.00. The summed E-state index contributed by atoms with van der Waals surface area (Å²) in [5.74, 6) is 0. The molecule has 0 aliphatic rings. The molecule has 0 bridgehead atoms. The highest BCUT2D eigenvalue weighted by Crippen LogP contribution is 2.31. The highest BCUT2D eigenvalue weighted by Gasteiger charge is 2.06. The van der Waals surface area contributed by atoms with Crippen LogP contribution in [-0.2, 0) is 0 Å². The molecule has 0 N–H and O–H groups in total. The van der Waals surface area contributed by atoms with E-state index >= 15 is 0 Å². The Bertz CT molecular complexity index is 472. The predicted octanol–water partition coefficient (Wildman–Crippen LogP) is 4.27. The first-order valence-electron chi connectivity index (χ1n) is 3.61. The van der Waals surface area contributed by atoms with Gasteiger partial charge in [-0.1, -0.05) is 23.2 Å². The van der Waals surface area contributed by atoms with Gasteiger partial charge in [-0.05, 0) is 34.1 Å². The van der Waals surface area contributed by atoms with Crippen LogP contribution in [0.1, 0.15) is 0 Å². The van der Waals surface area contributed by atoms with Crippen molar-refractivity contribution in [2.24, 2.45) is 0 Å². The Morgan fingerprint density at radius 3 is 2.57 bits per heavy atom. The van der Waals surface area contributed by atoms with Crippen molar-refractivity contribution in [3.05, 3.63) is 32.2 Å². The molecule has 0 saturated carbocycles. The summed E-state index contributed by atoms with van der Waals surface area (Å²) in [6, 6.07) is 5.60. The average Bonchev–Trinajstić information content (AvgIpc) is 2.57. The summed E-state index contributed by atoms with van der Waals surface area (Å²) >= 11 is 16.4. The van der Waals surface area contributed by atoms with E-state index in [1.54, 1.807) is 17.4 Å². The lowest BCUT2D eigenvalue weighted by atomic mass is 10.3. The zero-order valence-electron chi connectivity index (χ0n) is 6.67. The van der Waals surface area contributed by atoms with Gasteiger partial charge in [0.1, 0.15) is 5.69 Å². The van der Waals surface area contributed by atoms with Crippen molar-refractivity contribution in [1.82, 2.24) is 10.2 Å². The minimum Gasteiger partial charge on any atom is -0.148 e. The van der Waals surface area contributed by atoms with Gasteiger partial charge in [0.25, 0.3) is 0 Å². The average molecular weight is 310 g/mol. The minimum atomic E-state index is 0.228. The SMILES string of the molecule is Clc1cc(-c2ccc(Br)s2)nnc1Cl. The van der Waals surface area contributed by atoms with Gasteiger partial charge in [0, 0.05) is 0 Å². The molecule has 0 atom stereocenters. The van der Waals surface area contributed by atoms with E-state index in [0.717, 1.165) is 14.4 Å². The Kier molecular flexibility index (Phi) is 3.07. The molecule has 0 aliphatic heterocycles. The molecule has 0 aromatic carbocycles. The quantitative estimate of drug-likeness (QED) is 0.786. The normalized spacial score (nSPS) is 10.5. The molecule has 0 spiro atoms. The summed E-state index contributed by atoms with van der Waals surface area (Å²) in [7, 11) is 0. The van der Waals surface area contributed by atoms with E-state index in [-0.39, 0.29) is 5.15 Å². The standard InChI is InChI=1S/C8H3BrCl2N2S/c9-7-2-1-6(14-7)5-3-4(10)8(11)13-12-5/h1-3H. The second kappa shape index (κ2) is 4.14. The highest BCUT2D eigenvalue weighted by atomic mass is 79.9. The monoisotopic (exact) mass is 308 g/mol. The predicted molar refractivity (Wildman–Crippen MR) is 63.1 cm³/mol. The van der Waals surface area contributed by atoms with E-state index in [9.17, 15) is 0 Å². The van der Waals surface area contributed by atoms with Gasteiger partial charge in [0.15, 0.2) is 5.15 Å². The van der Waals surface area contributed by atoms with Crippen molar-refractivity contribution in [1.29, 1.82) is 0 Å². The molecular weight excluding hydrogens is 307 g/mol. The minimum absolute atomic E-state index is 0.228. The van der Waals surface area contributed by atoms with E-state index in [1.165, 1.54) is 0 Å². The maximum atomic E-state index is 5.83. The number of halogens is 3. The van der Waals surface area contributed by atoms with Gasteiger partial charge in [0.05, 0.1) is 13.7 Å². The Morgan fingerprint density at radius 2 is 2.00 bits per heavy atom. The summed E-state index contributed by atoms with van der Waals surface area (Å²) in [6.45, 7) is 0. The lowest BCUT2D eigenvalue weighted by Gasteiger charge is -1.96. The summed E-state index contributed by atoms with van der Waals surface area (Å²) in [5.41, 5.74) is 0.732. The van der Waals surface area contributed by atoms with Crippen molar-refractivity contribution < 1.29 is 0 Å². The van der Waals surface area contributed by atoms with Crippen LogP contribution in [0.15, 0.2) is 22.0 Å². The highest BCUT2D eigenvalue weighted by molar-refractivity contribution is 9.11. The van der Waals surface area contributed by atoms with Crippen LogP contribution in [0.4, 0.5) is 0 Å². The molecule has 2 rings (SSSR count). The summed E-state index contributed by atoms with van der Waals surface area (Å²) < 4.78 is 1.04. The third-order valence-electron chi connectivity index (χ3n) is 1.53. The molecule has 0 aliphatic carbocycles. The van der Waals surface area contributed by atoms with Gasteiger partial charge in [-0.25, -0.2) is 0 Å². The van der Waals surface area contributed by atoms with Crippen LogP contribution in [0.25, 0.3) is 10.6 Å². The van der Waals surface area contributed by atoms with Gasteiger partial charge in [-0.2, -0.15) is 0 Å². The number of aromatic nitrogens is 2. The van der Waals surface area contributed by atoms with Crippen molar-refractivity contribution in [2.75, 3.05) is 0 Å². The first-order chi connectivity index (χ1) is 6.66. The van der Waals surface area contributed by atoms with Crippen LogP contribution < -0.4 is 0 Å². The zero-order valence-corrected chi connectivity index (χ0v) is 10.6. The molecule has 2 nitrogen and oxygen atoms in total. The maximum Gasteiger partial charge on any atom is 0.170 e. The van der Waals surface area contributed by atoms with E-state index in [0.29, 0.717) is 5.02 Å². The van der Waals surface area contributed by atoms with E-state index in [4.69, 9.17) is 23.2 Å². The number of hydrogen-bond acceptors (Lipinski definition) is 3. The van der Waals surface area contributed by atoms with E-state index < -0.39 is 0 Å². The number of nitrogens with zero attached hydrogens (tertiary/aromatic N) is 2. The van der Waals surface area contributed by atoms with Gasteiger partial charge in [0.2, 0.25) is 0 Å². The van der Waals surface area contributed by atoms with Crippen LogP contribution in [-0.4, -0.2) is 10.2 Å². The largest absolute Gasteiger partial charge is 0.170 e. The van der Waals surface area contributed by atoms with Gasteiger partial charge in [-0.3, -0.25) is 0 Å². The lowest BCUT2D eigenvalue weighted by Crippen LogP contribution is -1.86. The molecule has 0 saturated heterocycles. The Hall–Kier alpha value is -0.160. The molecule has 0 unspecified atom stereocenters. The molecule has 2 aromatic rings. The molecule has 14 heavy (non-hydrogen) atoms. The maximum absolute atomic E-state index is 5.83. The third kappa shape index (κ3) is 2.08. The Labute approximate surface area is 103 Å². The summed E-state index contributed by atoms with van der Waals surface area (Å²) in [6.07, 6.45) is 0. The van der Waals surface area contributed by atoms with Crippen molar-refractivity contribution in [3.8, 4) is 10.6 Å². The first kappa shape index (κ1) is 10.4. The Balaban J connectivity index is 2.47. The molecular formula is C8H3BrCl2N2S. The van der Waals surface area contributed by atoms with Crippen LogP contribution in [0.2, 0.25) is 10.2 Å². The zero-order chi connectivity index (χ0) is 10.1. The third-order valence-corrected chi connectivity index (χ3v) is 3.84. The number of thiophene rings is 1. The number of hydrogen-bond donors (Lipinski definition) is 0. The molecule has 72 valence electrons. The van der Waals surface area contributed by atoms with Crippen LogP contribution in [0.3, 0.4) is 0 Å². The van der Waals surface area contributed by atoms with Crippen molar-refractivity contribution in [2.45, 2.75) is 0 Å². The molecule has 6 heteroatoms. The number of rotatable bonds is 1. The second-order valence-corrected chi connectivity index (χ2v) is 5.70. The second-order valence-electron chi connectivity index (χ2n) is 2.47. The molecule has 0 fully saturated rings. The Morgan fingerprint density at radius 1 is 1.21 bits per heavy atom.